The number of hydrogen-bond donors (Lipinski definition) is 2. The minimum absolute atomic E-state index is 0.00140. The molecule has 0 radical (unpaired) electrons. The molecule has 0 spiro atoms. The van der Waals surface area contributed by atoms with Crippen molar-refractivity contribution >= 4 is 46.4 Å². The Kier molecular flexibility index (Phi) is 7.37. The van der Waals surface area contributed by atoms with Crippen LogP contribution >= 0.6 is 23.2 Å². The molecule has 2 amide bonds. The van der Waals surface area contributed by atoms with Crippen molar-refractivity contribution in [2.24, 2.45) is 5.10 Å². The van der Waals surface area contributed by atoms with Crippen LogP contribution in [-0.2, 0) is 9.59 Å². The third-order valence-corrected chi connectivity index (χ3v) is 4.40. The predicted octanol–water partition coefficient (Wildman–Crippen LogP) is 3.66. The normalized spacial score (nSPS) is 12.8. The first-order valence-electron chi connectivity index (χ1n) is 9.00. The molecule has 158 valence electrons. The van der Waals surface area contributed by atoms with Crippen LogP contribution in [0.25, 0.3) is 0 Å². The fraction of sp³-hybridized carbons (Fsp3) is 0.250. The van der Waals surface area contributed by atoms with Gasteiger partial charge in [0.15, 0.2) is 18.1 Å². The molecule has 0 atom stereocenters. The number of nitrogens with one attached hydrogen (secondary N) is 2. The fourth-order valence-electron chi connectivity index (χ4n) is 2.52. The zero-order valence-corrected chi connectivity index (χ0v) is 17.5. The third-order valence-electron chi connectivity index (χ3n) is 3.87. The number of hydrazone groups is 1. The van der Waals surface area contributed by atoms with E-state index in [1.54, 1.807) is 37.3 Å². The zero-order valence-electron chi connectivity index (χ0n) is 16.0. The van der Waals surface area contributed by atoms with Gasteiger partial charge in [-0.05, 0) is 37.3 Å². The number of anilines is 1. The van der Waals surface area contributed by atoms with Crippen LogP contribution in [0.15, 0.2) is 41.5 Å². The molecule has 2 aromatic rings. The number of carbonyl (C=O) groups excluding carboxylic acids is 2. The van der Waals surface area contributed by atoms with Gasteiger partial charge in [-0.3, -0.25) is 9.59 Å². The average Bonchev–Trinajstić information content (AvgIpc) is 2.71. The maximum atomic E-state index is 12.2. The van der Waals surface area contributed by atoms with Crippen molar-refractivity contribution in [2.45, 2.75) is 13.3 Å². The van der Waals surface area contributed by atoms with Gasteiger partial charge in [-0.15, -0.1) is 0 Å². The highest BCUT2D eigenvalue weighted by atomic mass is 35.5. The van der Waals surface area contributed by atoms with Crippen molar-refractivity contribution in [3.63, 3.8) is 0 Å². The van der Waals surface area contributed by atoms with E-state index in [2.05, 4.69) is 15.8 Å². The molecule has 0 saturated heterocycles. The quantitative estimate of drug-likeness (QED) is 0.494. The summed E-state index contributed by atoms with van der Waals surface area (Å²) < 4.78 is 16.2. The van der Waals surface area contributed by atoms with E-state index in [1.807, 2.05) is 0 Å². The molecule has 0 bridgehead atoms. The highest BCUT2D eigenvalue weighted by Gasteiger charge is 2.13. The number of rotatable bonds is 7. The van der Waals surface area contributed by atoms with Gasteiger partial charge < -0.3 is 19.5 Å². The van der Waals surface area contributed by atoms with Crippen molar-refractivity contribution in [3.8, 4) is 17.2 Å². The largest absolute Gasteiger partial charge is 0.486 e. The lowest BCUT2D eigenvalue weighted by atomic mass is 10.2. The Morgan fingerprint density at radius 1 is 1.07 bits per heavy atom. The summed E-state index contributed by atoms with van der Waals surface area (Å²) in [4.78, 5) is 24.1. The summed E-state index contributed by atoms with van der Waals surface area (Å²) in [6.45, 7) is 2.30. The number of benzene rings is 2. The number of carbonyl (C=O) groups is 2. The summed E-state index contributed by atoms with van der Waals surface area (Å²) >= 11 is 11.8. The summed E-state index contributed by atoms with van der Waals surface area (Å²) in [7, 11) is 0. The molecule has 3 rings (SSSR count). The highest BCUT2D eigenvalue weighted by molar-refractivity contribution is 6.35. The molecule has 8 nitrogen and oxygen atoms in total. The van der Waals surface area contributed by atoms with Crippen LogP contribution in [-0.4, -0.2) is 37.3 Å². The molecule has 0 unspecified atom stereocenters. The molecule has 0 fully saturated rings. The molecular weight excluding hydrogens is 433 g/mol. The van der Waals surface area contributed by atoms with Crippen LogP contribution in [0, 0.1) is 0 Å². The molecule has 0 saturated carbocycles. The SMILES string of the molecule is C/C(CC(=O)Nc1ccc2c(c1)OCCO2)=N/NC(=O)COc1ccc(Cl)cc1Cl. The maximum absolute atomic E-state index is 12.2. The minimum atomic E-state index is -0.493. The molecular formula is C20H19Cl2N3O5. The summed E-state index contributed by atoms with van der Waals surface area (Å²) in [5.74, 6) is 0.772. The topological polar surface area (TPSA) is 98.3 Å². The Labute approximate surface area is 183 Å². The maximum Gasteiger partial charge on any atom is 0.277 e. The summed E-state index contributed by atoms with van der Waals surface area (Å²) in [6.07, 6.45) is -0.00140. The number of nitrogens with zero attached hydrogens (tertiary/aromatic N) is 1. The van der Waals surface area contributed by atoms with Crippen LogP contribution in [0.4, 0.5) is 5.69 Å². The predicted molar refractivity (Wildman–Crippen MR) is 114 cm³/mol. The summed E-state index contributed by atoms with van der Waals surface area (Å²) in [5.41, 5.74) is 3.33. The number of amides is 2. The van der Waals surface area contributed by atoms with Gasteiger partial charge in [0.1, 0.15) is 19.0 Å². The van der Waals surface area contributed by atoms with Gasteiger partial charge >= 0.3 is 0 Å². The lowest BCUT2D eigenvalue weighted by Gasteiger charge is -2.19. The molecule has 1 aliphatic rings. The van der Waals surface area contributed by atoms with Crippen molar-refractivity contribution in [2.75, 3.05) is 25.1 Å². The Balaban J connectivity index is 1.44. The molecule has 2 aromatic carbocycles. The van der Waals surface area contributed by atoms with E-state index in [9.17, 15) is 9.59 Å². The second-order valence-electron chi connectivity index (χ2n) is 6.33. The van der Waals surface area contributed by atoms with Gasteiger partial charge in [0.2, 0.25) is 5.91 Å². The van der Waals surface area contributed by atoms with E-state index < -0.39 is 5.91 Å². The number of hydrogen-bond acceptors (Lipinski definition) is 6. The fourth-order valence-corrected chi connectivity index (χ4v) is 2.99. The first-order chi connectivity index (χ1) is 14.4. The smallest absolute Gasteiger partial charge is 0.277 e. The summed E-state index contributed by atoms with van der Waals surface area (Å²) in [6, 6.07) is 9.83. The van der Waals surface area contributed by atoms with Gasteiger partial charge in [0, 0.05) is 22.5 Å². The molecule has 1 heterocycles. The minimum Gasteiger partial charge on any atom is -0.486 e. The Morgan fingerprint density at radius 2 is 1.83 bits per heavy atom. The number of ether oxygens (including phenoxy) is 3. The first-order valence-corrected chi connectivity index (χ1v) is 9.75. The monoisotopic (exact) mass is 451 g/mol. The van der Waals surface area contributed by atoms with Gasteiger partial charge in [0.25, 0.3) is 5.91 Å². The van der Waals surface area contributed by atoms with Crippen LogP contribution in [0.5, 0.6) is 17.2 Å². The van der Waals surface area contributed by atoms with E-state index in [-0.39, 0.29) is 18.9 Å². The van der Waals surface area contributed by atoms with Crippen LogP contribution in [0.2, 0.25) is 10.0 Å². The Morgan fingerprint density at radius 3 is 2.60 bits per heavy atom. The van der Waals surface area contributed by atoms with Crippen molar-refractivity contribution in [1.29, 1.82) is 0 Å². The van der Waals surface area contributed by atoms with E-state index in [1.165, 1.54) is 6.07 Å². The van der Waals surface area contributed by atoms with E-state index in [0.29, 0.717) is 51.9 Å². The average molecular weight is 452 g/mol. The second kappa shape index (κ2) is 10.2. The summed E-state index contributed by atoms with van der Waals surface area (Å²) in [5, 5.41) is 7.41. The number of fused-ring (bicyclic) bond motifs is 1. The van der Waals surface area contributed by atoms with E-state index >= 15 is 0 Å². The van der Waals surface area contributed by atoms with Crippen LogP contribution in [0.3, 0.4) is 0 Å². The lowest BCUT2D eigenvalue weighted by molar-refractivity contribution is -0.123. The third kappa shape index (κ3) is 6.27. The molecule has 2 N–H and O–H groups in total. The Hall–Kier alpha value is -2.97. The Bertz CT molecular complexity index is 981. The van der Waals surface area contributed by atoms with Gasteiger partial charge in [-0.1, -0.05) is 23.2 Å². The van der Waals surface area contributed by atoms with Gasteiger partial charge in [0.05, 0.1) is 11.4 Å². The molecule has 0 aromatic heterocycles. The molecule has 1 aliphatic heterocycles. The molecule has 10 heteroatoms. The van der Waals surface area contributed by atoms with E-state index in [0.717, 1.165) is 0 Å². The van der Waals surface area contributed by atoms with Gasteiger partial charge in [-0.25, -0.2) is 5.43 Å². The van der Waals surface area contributed by atoms with Crippen LogP contribution < -0.4 is 25.0 Å². The molecule has 0 aliphatic carbocycles. The molecule has 30 heavy (non-hydrogen) atoms. The zero-order chi connectivity index (χ0) is 21.5. The number of halogens is 2. The highest BCUT2D eigenvalue weighted by Crippen LogP contribution is 2.32. The standard InChI is InChI=1S/C20H19Cl2N3O5/c1-12(24-25-20(27)11-30-16-4-2-13(21)9-15(16)22)8-19(26)23-14-3-5-17-18(10-14)29-7-6-28-17/h2-5,9-10H,6-8,11H2,1H3,(H,23,26)(H,25,27)/b24-12-. The van der Waals surface area contributed by atoms with Crippen molar-refractivity contribution in [1.82, 2.24) is 5.43 Å². The van der Waals surface area contributed by atoms with Crippen LogP contribution in [0.1, 0.15) is 13.3 Å². The first kappa shape index (κ1) is 21.7. The van der Waals surface area contributed by atoms with Crippen molar-refractivity contribution < 1.29 is 23.8 Å². The van der Waals surface area contributed by atoms with Gasteiger partial charge in [-0.2, -0.15) is 5.10 Å². The second-order valence-corrected chi connectivity index (χ2v) is 7.17. The van der Waals surface area contributed by atoms with Crippen molar-refractivity contribution in [3.05, 3.63) is 46.4 Å². The van der Waals surface area contributed by atoms with E-state index in [4.69, 9.17) is 37.4 Å². The lowest BCUT2D eigenvalue weighted by Crippen LogP contribution is -2.26.